The molecule has 6 heteroatoms. The zero-order chi connectivity index (χ0) is 14.8. The van der Waals surface area contributed by atoms with E-state index in [0.29, 0.717) is 6.54 Å². The van der Waals surface area contributed by atoms with Crippen LogP contribution in [0.1, 0.15) is 20.3 Å². The van der Waals surface area contributed by atoms with Gasteiger partial charge in [0.05, 0.1) is 13.2 Å². The van der Waals surface area contributed by atoms with Gasteiger partial charge in [-0.25, -0.2) is 4.99 Å². The van der Waals surface area contributed by atoms with Crippen molar-refractivity contribution >= 4 is 17.6 Å². The Morgan fingerprint density at radius 2 is 2.25 bits per heavy atom. The lowest BCUT2D eigenvalue weighted by Crippen LogP contribution is -2.33. The van der Waals surface area contributed by atoms with E-state index in [0.717, 1.165) is 50.9 Å². The molecule has 20 heavy (non-hydrogen) atoms. The van der Waals surface area contributed by atoms with Crippen molar-refractivity contribution in [3.63, 3.8) is 0 Å². The van der Waals surface area contributed by atoms with Gasteiger partial charge in [-0.1, -0.05) is 0 Å². The van der Waals surface area contributed by atoms with Crippen LogP contribution < -0.4 is 0 Å². The first kappa shape index (κ1) is 17.3. The van der Waals surface area contributed by atoms with Gasteiger partial charge in [-0.3, -0.25) is 0 Å². The molecule has 5 nitrogen and oxygen atoms in total. The van der Waals surface area contributed by atoms with Gasteiger partial charge in [0.15, 0.2) is 0 Å². The fourth-order valence-corrected chi connectivity index (χ4v) is 2.55. The molecule has 0 amide bonds. The molecular formula is C14H27N3O2S. The van der Waals surface area contributed by atoms with Crippen molar-refractivity contribution in [2.24, 2.45) is 4.99 Å². The molecule has 1 N–H and O–H groups in total. The molecule has 116 valence electrons. The highest BCUT2D eigenvalue weighted by Gasteiger charge is 2.12. The van der Waals surface area contributed by atoms with Crippen LogP contribution >= 0.6 is 11.8 Å². The first-order valence-corrected chi connectivity index (χ1v) is 8.48. The standard InChI is InChI=1S/C14H27N3O2S/c1-4-16(7-9-18)14(12-20-3)15-13(2)17-6-5-10-19-11-8-17/h12,18H,4-11H2,1-3H3/b14-12+,15-13+. The van der Waals surface area contributed by atoms with E-state index in [9.17, 15) is 0 Å². The Morgan fingerprint density at radius 3 is 2.90 bits per heavy atom. The molecule has 1 saturated heterocycles. The van der Waals surface area contributed by atoms with Crippen LogP contribution in [-0.4, -0.2) is 73.0 Å². The summed E-state index contributed by atoms with van der Waals surface area (Å²) >= 11 is 1.64. The van der Waals surface area contributed by atoms with E-state index in [-0.39, 0.29) is 6.61 Å². The third-order valence-corrected chi connectivity index (χ3v) is 3.70. The van der Waals surface area contributed by atoms with Gasteiger partial charge < -0.3 is 19.6 Å². The van der Waals surface area contributed by atoms with Crippen molar-refractivity contribution in [3.05, 3.63) is 11.2 Å². The number of nitrogens with zero attached hydrogens (tertiary/aromatic N) is 3. The molecule has 0 aromatic heterocycles. The van der Waals surface area contributed by atoms with Crippen molar-refractivity contribution < 1.29 is 9.84 Å². The Hall–Kier alpha value is -0.720. The van der Waals surface area contributed by atoms with E-state index in [2.05, 4.69) is 16.7 Å². The number of likely N-dealkylation sites (N-methyl/N-ethyl adjacent to an activating group) is 1. The van der Waals surface area contributed by atoms with Crippen molar-refractivity contribution in [2.75, 3.05) is 52.3 Å². The Balaban J connectivity index is 2.79. The first-order chi connectivity index (χ1) is 9.72. The smallest absolute Gasteiger partial charge is 0.137 e. The Morgan fingerprint density at radius 1 is 1.45 bits per heavy atom. The van der Waals surface area contributed by atoms with Gasteiger partial charge in [0.2, 0.25) is 0 Å². The summed E-state index contributed by atoms with van der Waals surface area (Å²) in [6, 6.07) is 0. The zero-order valence-corrected chi connectivity index (χ0v) is 13.7. The molecule has 0 spiro atoms. The summed E-state index contributed by atoms with van der Waals surface area (Å²) in [5.41, 5.74) is 0. The van der Waals surface area contributed by atoms with E-state index in [1.165, 1.54) is 0 Å². The van der Waals surface area contributed by atoms with Gasteiger partial charge in [-0.15, -0.1) is 11.8 Å². The molecular weight excluding hydrogens is 274 g/mol. The van der Waals surface area contributed by atoms with E-state index >= 15 is 0 Å². The minimum absolute atomic E-state index is 0.145. The molecule has 0 bridgehead atoms. The van der Waals surface area contributed by atoms with Crippen molar-refractivity contribution in [1.29, 1.82) is 0 Å². The van der Waals surface area contributed by atoms with Gasteiger partial charge in [0.1, 0.15) is 11.7 Å². The maximum atomic E-state index is 9.15. The number of aliphatic hydroxyl groups excluding tert-OH is 1. The van der Waals surface area contributed by atoms with Crippen LogP contribution in [0.2, 0.25) is 0 Å². The van der Waals surface area contributed by atoms with Crippen LogP contribution in [0.4, 0.5) is 0 Å². The molecule has 0 saturated carbocycles. The molecule has 0 unspecified atom stereocenters. The Kier molecular flexibility index (Phi) is 8.73. The lowest BCUT2D eigenvalue weighted by Gasteiger charge is -2.26. The third-order valence-electron chi connectivity index (χ3n) is 3.26. The number of ether oxygens (including phenoxy) is 1. The van der Waals surface area contributed by atoms with E-state index in [1.807, 2.05) is 18.6 Å². The van der Waals surface area contributed by atoms with Gasteiger partial charge in [0, 0.05) is 38.2 Å². The van der Waals surface area contributed by atoms with E-state index < -0.39 is 0 Å². The predicted octanol–water partition coefficient (Wildman–Crippen LogP) is 1.60. The zero-order valence-electron chi connectivity index (χ0n) is 12.8. The average molecular weight is 301 g/mol. The van der Waals surface area contributed by atoms with E-state index in [4.69, 9.17) is 14.8 Å². The maximum absolute atomic E-state index is 9.15. The summed E-state index contributed by atoms with van der Waals surface area (Å²) in [6.45, 7) is 9.22. The lowest BCUT2D eigenvalue weighted by molar-refractivity contribution is 0.147. The number of aliphatic imine (C=N–C) groups is 1. The van der Waals surface area contributed by atoms with Crippen LogP contribution in [0.5, 0.6) is 0 Å². The summed E-state index contributed by atoms with van der Waals surface area (Å²) in [5, 5.41) is 11.2. The maximum Gasteiger partial charge on any atom is 0.137 e. The summed E-state index contributed by atoms with van der Waals surface area (Å²) in [5.74, 6) is 1.95. The number of hydrogen-bond donors (Lipinski definition) is 1. The molecule has 1 heterocycles. The number of amidine groups is 1. The fraction of sp³-hybridized carbons (Fsp3) is 0.786. The summed E-state index contributed by atoms with van der Waals surface area (Å²) < 4.78 is 5.48. The molecule has 1 rings (SSSR count). The number of rotatable bonds is 6. The van der Waals surface area contributed by atoms with Crippen molar-refractivity contribution in [3.8, 4) is 0 Å². The normalized spacial score (nSPS) is 18.1. The van der Waals surface area contributed by atoms with Gasteiger partial charge in [0.25, 0.3) is 0 Å². The van der Waals surface area contributed by atoms with Crippen molar-refractivity contribution in [2.45, 2.75) is 20.3 Å². The summed E-state index contributed by atoms with van der Waals surface area (Å²) in [7, 11) is 0. The second-order valence-electron chi connectivity index (χ2n) is 4.63. The van der Waals surface area contributed by atoms with Crippen LogP contribution in [-0.2, 0) is 4.74 Å². The Labute approximate surface area is 126 Å². The van der Waals surface area contributed by atoms with Gasteiger partial charge in [-0.05, 0) is 26.5 Å². The number of thioether (sulfide) groups is 1. The highest BCUT2D eigenvalue weighted by Crippen LogP contribution is 2.12. The van der Waals surface area contributed by atoms with Gasteiger partial charge >= 0.3 is 0 Å². The molecule has 1 fully saturated rings. The summed E-state index contributed by atoms with van der Waals surface area (Å²) in [4.78, 5) is 9.13. The van der Waals surface area contributed by atoms with Crippen molar-refractivity contribution in [1.82, 2.24) is 9.80 Å². The second-order valence-corrected chi connectivity index (χ2v) is 5.33. The lowest BCUT2D eigenvalue weighted by atomic mass is 10.4. The largest absolute Gasteiger partial charge is 0.395 e. The average Bonchev–Trinajstić information content (AvgIpc) is 2.73. The second kappa shape index (κ2) is 10.1. The minimum Gasteiger partial charge on any atom is -0.395 e. The van der Waals surface area contributed by atoms with Gasteiger partial charge in [-0.2, -0.15) is 0 Å². The highest BCUT2D eigenvalue weighted by molar-refractivity contribution is 8.01. The Bertz CT molecular complexity index is 326. The van der Waals surface area contributed by atoms with Crippen LogP contribution in [0.3, 0.4) is 0 Å². The molecule has 0 atom stereocenters. The molecule has 1 aliphatic heterocycles. The molecule has 1 aliphatic rings. The minimum atomic E-state index is 0.145. The molecule has 0 aromatic rings. The third kappa shape index (κ3) is 5.73. The SMILES string of the molecule is CCN(CCO)C(=C/SC)/N=C(\C)N1CCCOCC1. The van der Waals surface area contributed by atoms with Crippen LogP contribution in [0, 0.1) is 0 Å². The van der Waals surface area contributed by atoms with Crippen LogP contribution in [0.15, 0.2) is 16.2 Å². The molecule has 0 radical (unpaired) electrons. The fourth-order valence-electron chi connectivity index (χ4n) is 2.14. The van der Waals surface area contributed by atoms with E-state index in [1.54, 1.807) is 11.8 Å². The van der Waals surface area contributed by atoms with Crippen LogP contribution in [0.25, 0.3) is 0 Å². The molecule has 0 aliphatic carbocycles. The first-order valence-electron chi connectivity index (χ1n) is 7.19. The quantitative estimate of drug-likeness (QED) is 0.596. The monoisotopic (exact) mass is 301 g/mol. The number of hydrogen-bond acceptors (Lipinski definition) is 5. The topological polar surface area (TPSA) is 48.3 Å². The highest BCUT2D eigenvalue weighted by atomic mass is 32.2. The molecule has 0 aromatic carbocycles. The summed E-state index contributed by atoms with van der Waals surface area (Å²) in [6.07, 6.45) is 3.07. The number of aliphatic hydroxyl groups is 1. The predicted molar refractivity (Wildman–Crippen MR) is 86.0 cm³/mol.